The fraction of sp³-hybridized carbons (Fsp3) is 0.263. The molecule has 1 aromatic heterocycles. The normalized spacial score (nSPS) is 10.5. The summed E-state index contributed by atoms with van der Waals surface area (Å²) in [5, 5.41) is 3.94. The van der Waals surface area contributed by atoms with Crippen LogP contribution in [0.5, 0.6) is 11.5 Å². The Morgan fingerprint density at radius 1 is 1.15 bits per heavy atom. The van der Waals surface area contributed by atoms with E-state index in [1.165, 1.54) is 23.5 Å². The van der Waals surface area contributed by atoms with Crippen molar-refractivity contribution >= 4 is 18.0 Å². The van der Waals surface area contributed by atoms with Gasteiger partial charge in [-0.15, -0.1) is 0 Å². The number of ether oxygens (including phenoxy) is 2. The predicted molar refractivity (Wildman–Crippen MR) is 101 cm³/mol. The summed E-state index contributed by atoms with van der Waals surface area (Å²) in [5.74, 6) is 0.473. The van der Waals surface area contributed by atoms with Gasteiger partial charge < -0.3 is 14.4 Å². The molecule has 8 heteroatoms. The number of hydrazone groups is 1. The smallest absolute Gasteiger partial charge is 0.271 e. The minimum absolute atomic E-state index is 0.0809. The maximum atomic E-state index is 11.9. The highest BCUT2D eigenvalue weighted by molar-refractivity contribution is 5.94. The fourth-order valence-electron chi connectivity index (χ4n) is 1.99. The molecule has 0 saturated heterocycles. The Morgan fingerprint density at radius 2 is 1.89 bits per heavy atom. The van der Waals surface area contributed by atoms with Crippen molar-refractivity contribution in [1.82, 2.24) is 15.3 Å². The summed E-state index contributed by atoms with van der Waals surface area (Å²) < 4.78 is 11.1. The van der Waals surface area contributed by atoms with E-state index in [1.807, 2.05) is 6.92 Å². The van der Waals surface area contributed by atoms with E-state index >= 15 is 0 Å². The molecule has 0 aliphatic rings. The van der Waals surface area contributed by atoms with Gasteiger partial charge in [0, 0.05) is 32.1 Å². The predicted octanol–water partition coefficient (Wildman–Crippen LogP) is 1.71. The summed E-state index contributed by atoms with van der Waals surface area (Å²) in [6.45, 7) is 2.21. The number of hydrogen-bond acceptors (Lipinski definition) is 6. The average molecular weight is 370 g/mol. The third kappa shape index (κ3) is 6.10. The number of hydrogen-bond donors (Lipinski definition) is 1. The molecule has 0 aliphatic carbocycles. The lowest BCUT2D eigenvalue weighted by atomic mass is 10.2. The molecule has 0 fully saturated rings. The van der Waals surface area contributed by atoms with Gasteiger partial charge in [-0.05, 0) is 42.8 Å². The van der Waals surface area contributed by atoms with Crippen molar-refractivity contribution in [2.24, 2.45) is 5.10 Å². The van der Waals surface area contributed by atoms with Crippen LogP contribution in [0.4, 0.5) is 0 Å². The van der Waals surface area contributed by atoms with E-state index in [4.69, 9.17) is 9.47 Å². The molecule has 2 aromatic rings. The summed E-state index contributed by atoms with van der Waals surface area (Å²) in [4.78, 5) is 28.9. The molecule has 0 spiro atoms. The highest BCUT2D eigenvalue weighted by atomic mass is 16.5. The van der Waals surface area contributed by atoms with Crippen LogP contribution in [0.3, 0.4) is 0 Å². The Balaban J connectivity index is 2.03. The van der Waals surface area contributed by atoms with E-state index in [1.54, 1.807) is 44.4 Å². The quantitative estimate of drug-likeness (QED) is 0.564. The molecule has 8 nitrogen and oxygen atoms in total. The molecule has 1 N–H and O–H groups in total. The first-order valence-electron chi connectivity index (χ1n) is 8.34. The highest BCUT2D eigenvalue weighted by Crippen LogP contribution is 2.28. The van der Waals surface area contributed by atoms with Crippen molar-refractivity contribution < 1.29 is 19.1 Å². The number of aromatic nitrogens is 1. The fourth-order valence-corrected chi connectivity index (χ4v) is 1.99. The number of rotatable bonds is 8. The molecule has 0 unspecified atom stereocenters. The number of benzene rings is 1. The molecule has 1 heterocycles. The lowest BCUT2D eigenvalue weighted by molar-refractivity contribution is -0.130. The van der Waals surface area contributed by atoms with Crippen LogP contribution in [-0.2, 0) is 4.79 Å². The van der Waals surface area contributed by atoms with Crippen LogP contribution in [0.15, 0.2) is 47.8 Å². The summed E-state index contributed by atoms with van der Waals surface area (Å²) in [7, 11) is 3.32. The van der Waals surface area contributed by atoms with Crippen molar-refractivity contribution in [2.45, 2.75) is 6.92 Å². The van der Waals surface area contributed by atoms with E-state index in [-0.39, 0.29) is 18.4 Å². The summed E-state index contributed by atoms with van der Waals surface area (Å²) >= 11 is 0. The van der Waals surface area contributed by atoms with Crippen molar-refractivity contribution in [1.29, 1.82) is 0 Å². The Labute approximate surface area is 157 Å². The second-order valence-corrected chi connectivity index (χ2v) is 5.65. The number of likely N-dealkylation sites (N-methyl/N-ethyl adjacent to an activating group) is 1. The minimum atomic E-state index is -0.333. The average Bonchev–Trinajstić information content (AvgIpc) is 2.67. The van der Waals surface area contributed by atoms with Gasteiger partial charge in [-0.2, -0.15) is 5.10 Å². The van der Waals surface area contributed by atoms with Crippen LogP contribution >= 0.6 is 0 Å². The Bertz CT molecular complexity index is 807. The highest BCUT2D eigenvalue weighted by Gasteiger charge is 2.10. The molecule has 0 aliphatic heterocycles. The summed E-state index contributed by atoms with van der Waals surface area (Å²) in [6, 6.07) is 8.36. The largest absolute Gasteiger partial charge is 0.490 e. The van der Waals surface area contributed by atoms with Gasteiger partial charge in [0.05, 0.1) is 12.8 Å². The van der Waals surface area contributed by atoms with E-state index in [9.17, 15) is 9.59 Å². The van der Waals surface area contributed by atoms with Crippen LogP contribution in [0, 0.1) is 0 Å². The van der Waals surface area contributed by atoms with Gasteiger partial charge in [0.15, 0.2) is 18.1 Å². The molecular weight excluding hydrogens is 348 g/mol. The van der Waals surface area contributed by atoms with Crippen molar-refractivity contribution in [3.8, 4) is 11.5 Å². The maximum absolute atomic E-state index is 11.9. The van der Waals surface area contributed by atoms with Gasteiger partial charge in [0.2, 0.25) is 0 Å². The van der Waals surface area contributed by atoms with E-state index in [2.05, 4.69) is 15.5 Å². The molecule has 0 radical (unpaired) electrons. The first-order valence-corrected chi connectivity index (χ1v) is 8.34. The number of amides is 2. The van der Waals surface area contributed by atoms with Crippen molar-refractivity contribution in [2.75, 3.05) is 27.3 Å². The third-order valence-electron chi connectivity index (χ3n) is 3.44. The zero-order valence-electron chi connectivity index (χ0n) is 15.5. The van der Waals surface area contributed by atoms with Gasteiger partial charge in [-0.1, -0.05) is 0 Å². The lowest BCUT2D eigenvalue weighted by Gasteiger charge is -2.14. The summed E-state index contributed by atoms with van der Waals surface area (Å²) in [6.07, 6.45) is 4.57. The van der Waals surface area contributed by atoms with Gasteiger partial charge in [-0.25, -0.2) is 5.43 Å². The van der Waals surface area contributed by atoms with Gasteiger partial charge in [0.1, 0.15) is 0 Å². The number of nitrogens with zero attached hydrogens (tertiary/aromatic N) is 3. The number of carbonyl (C=O) groups excluding carboxylic acids is 2. The first kappa shape index (κ1) is 19.9. The van der Waals surface area contributed by atoms with E-state index < -0.39 is 0 Å². The molecule has 2 amide bonds. The zero-order chi connectivity index (χ0) is 19.6. The molecule has 0 saturated carbocycles. The lowest BCUT2D eigenvalue weighted by Crippen LogP contribution is -2.27. The van der Waals surface area contributed by atoms with Gasteiger partial charge >= 0.3 is 0 Å². The van der Waals surface area contributed by atoms with E-state index in [0.717, 1.165) is 0 Å². The van der Waals surface area contributed by atoms with Crippen LogP contribution < -0.4 is 14.9 Å². The Kier molecular flexibility index (Phi) is 7.30. The van der Waals surface area contributed by atoms with Crippen molar-refractivity contribution in [3.05, 3.63) is 53.9 Å². The van der Waals surface area contributed by atoms with Gasteiger partial charge in [-0.3, -0.25) is 14.6 Å². The maximum Gasteiger partial charge on any atom is 0.271 e. The van der Waals surface area contributed by atoms with Crippen LogP contribution in [0.25, 0.3) is 0 Å². The molecule has 2 rings (SSSR count). The molecular formula is C19H22N4O4. The third-order valence-corrected chi connectivity index (χ3v) is 3.44. The van der Waals surface area contributed by atoms with E-state index in [0.29, 0.717) is 29.2 Å². The second kappa shape index (κ2) is 9.91. The molecule has 1 aromatic carbocycles. The van der Waals surface area contributed by atoms with Crippen molar-refractivity contribution in [3.63, 3.8) is 0 Å². The first-order chi connectivity index (χ1) is 13.0. The SMILES string of the molecule is CCOc1cc(C=NNC(=O)c2ccncc2)ccc1OCC(=O)N(C)C. The minimum Gasteiger partial charge on any atom is -0.490 e. The number of nitrogens with one attached hydrogen (secondary N) is 1. The molecule has 0 atom stereocenters. The molecule has 0 bridgehead atoms. The van der Waals surface area contributed by atoms with Crippen LogP contribution in [0.1, 0.15) is 22.8 Å². The van der Waals surface area contributed by atoms with Gasteiger partial charge in [0.25, 0.3) is 11.8 Å². The topological polar surface area (TPSA) is 93.1 Å². The molecule has 27 heavy (non-hydrogen) atoms. The number of carbonyl (C=O) groups is 2. The summed E-state index contributed by atoms with van der Waals surface area (Å²) in [5.41, 5.74) is 3.62. The zero-order valence-corrected chi connectivity index (χ0v) is 15.5. The Hall–Kier alpha value is -3.42. The van der Waals surface area contributed by atoms with Crippen LogP contribution in [0.2, 0.25) is 0 Å². The Morgan fingerprint density at radius 3 is 2.56 bits per heavy atom. The number of pyridine rings is 1. The molecule has 142 valence electrons. The monoisotopic (exact) mass is 370 g/mol. The standard InChI is InChI=1S/C19H22N4O4/c1-4-26-17-11-14(5-6-16(17)27-13-18(24)23(2)3)12-21-22-19(25)15-7-9-20-10-8-15/h5-12H,4,13H2,1-3H3,(H,22,25). The second-order valence-electron chi connectivity index (χ2n) is 5.65. The van der Waals surface area contributed by atoms with Crippen LogP contribution in [-0.4, -0.2) is 55.2 Å².